The van der Waals surface area contributed by atoms with Crippen molar-refractivity contribution >= 4 is 15.7 Å². The predicted octanol–water partition coefficient (Wildman–Crippen LogP) is 2.38. The number of rotatable bonds is 7. The van der Waals surface area contributed by atoms with Crippen molar-refractivity contribution in [3.05, 3.63) is 65.7 Å². The van der Waals surface area contributed by atoms with Crippen LogP contribution >= 0.6 is 0 Å². The minimum absolute atomic E-state index is 0.0819. The minimum Gasteiger partial charge on any atom is -0.352 e. The Labute approximate surface area is 161 Å². The monoisotopic (exact) mass is 386 g/mol. The van der Waals surface area contributed by atoms with E-state index in [4.69, 9.17) is 0 Å². The third kappa shape index (κ3) is 5.40. The van der Waals surface area contributed by atoms with Gasteiger partial charge in [0.05, 0.1) is 10.5 Å². The Hall–Kier alpha value is -2.18. The molecule has 5 nitrogen and oxygen atoms in total. The lowest BCUT2D eigenvalue weighted by Gasteiger charge is -2.16. The van der Waals surface area contributed by atoms with Crippen LogP contribution in [-0.2, 0) is 16.3 Å². The van der Waals surface area contributed by atoms with Gasteiger partial charge in [0.1, 0.15) is 0 Å². The van der Waals surface area contributed by atoms with Crippen LogP contribution in [0.15, 0.2) is 59.5 Å². The van der Waals surface area contributed by atoms with E-state index >= 15 is 0 Å². The van der Waals surface area contributed by atoms with Crippen LogP contribution in [0.2, 0.25) is 0 Å². The summed E-state index contributed by atoms with van der Waals surface area (Å²) in [6.07, 6.45) is 3.20. The Kier molecular flexibility index (Phi) is 6.29. The summed E-state index contributed by atoms with van der Waals surface area (Å²) in [7, 11) is -3.43. The maximum atomic E-state index is 12.5. The highest BCUT2D eigenvalue weighted by atomic mass is 32.2. The molecule has 27 heavy (non-hydrogen) atoms. The molecular formula is C21H26N2O3S. The van der Waals surface area contributed by atoms with E-state index in [0.29, 0.717) is 12.5 Å². The minimum atomic E-state index is -3.43. The van der Waals surface area contributed by atoms with Gasteiger partial charge in [-0.1, -0.05) is 42.5 Å². The number of hydrogen-bond donors (Lipinski definition) is 1. The largest absolute Gasteiger partial charge is 0.352 e. The Morgan fingerprint density at radius 1 is 1.11 bits per heavy atom. The van der Waals surface area contributed by atoms with Gasteiger partial charge in [-0.15, -0.1) is 0 Å². The fourth-order valence-corrected chi connectivity index (χ4v) is 4.41. The summed E-state index contributed by atoms with van der Waals surface area (Å²) < 4.78 is 23.7. The Balaban J connectivity index is 1.49. The van der Waals surface area contributed by atoms with Crippen molar-refractivity contribution in [1.29, 1.82) is 0 Å². The fourth-order valence-electron chi connectivity index (χ4n) is 3.52. The molecular weight excluding hydrogens is 360 g/mol. The van der Waals surface area contributed by atoms with E-state index in [-0.39, 0.29) is 16.4 Å². The summed E-state index contributed by atoms with van der Waals surface area (Å²) in [6, 6.07) is 16.8. The quantitative estimate of drug-likeness (QED) is 0.793. The average Bonchev–Trinajstić information content (AvgIpc) is 3.12. The van der Waals surface area contributed by atoms with Gasteiger partial charge in [0, 0.05) is 25.9 Å². The maximum absolute atomic E-state index is 12.5. The first-order valence-corrected chi connectivity index (χ1v) is 11.2. The zero-order valence-corrected chi connectivity index (χ0v) is 16.4. The van der Waals surface area contributed by atoms with Gasteiger partial charge in [-0.2, -0.15) is 0 Å². The van der Waals surface area contributed by atoms with Gasteiger partial charge >= 0.3 is 0 Å². The first-order valence-electron chi connectivity index (χ1n) is 9.27. The molecule has 0 bridgehead atoms. The van der Waals surface area contributed by atoms with Gasteiger partial charge < -0.3 is 10.2 Å². The van der Waals surface area contributed by atoms with E-state index in [9.17, 15) is 13.2 Å². The molecule has 0 saturated carbocycles. The van der Waals surface area contributed by atoms with E-state index in [1.807, 2.05) is 6.07 Å². The van der Waals surface area contributed by atoms with Gasteiger partial charge in [0.15, 0.2) is 9.84 Å². The molecule has 1 fully saturated rings. The third-order valence-electron chi connectivity index (χ3n) is 5.01. The van der Waals surface area contributed by atoms with Crippen LogP contribution in [0.5, 0.6) is 0 Å². The number of carbonyl (C=O) groups is 1. The molecule has 0 spiro atoms. The van der Waals surface area contributed by atoms with Gasteiger partial charge in [-0.05, 0) is 43.0 Å². The van der Waals surface area contributed by atoms with Crippen molar-refractivity contribution in [3.63, 3.8) is 0 Å². The Bertz CT molecular complexity index is 881. The number of benzene rings is 2. The van der Waals surface area contributed by atoms with E-state index in [1.165, 1.54) is 11.6 Å². The molecule has 2 aromatic rings. The normalized spacial score (nSPS) is 17.7. The lowest BCUT2D eigenvalue weighted by molar-refractivity contribution is 0.0944. The van der Waals surface area contributed by atoms with Crippen molar-refractivity contribution in [2.24, 2.45) is 5.92 Å². The summed E-state index contributed by atoms with van der Waals surface area (Å²) in [4.78, 5) is 15.0. The van der Waals surface area contributed by atoms with Crippen molar-refractivity contribution < 1.29 is 13.2 Å². The molecule has 1 saturated heterocycles. The maximum Gasteiger partial charge on any atom is 0.252 e. The average molecular weight is 387 g/mol. The number of carbonyl (C=O) groups excluding carboxylic acids is 1. The number of sulfone groups is 1. The molecule has 0 radical (unpaired) electrons. The van der Waals surface area contributed by atoms with Crippen LogP contribution in [0.3, 0.4) is 0 Å². The van der Waals surface area contributed by atoms with Gasteiger partial charge in [-0.25, -0.2) is 8.42 Å². The molecule has 6 heteroatoms. The number of nitrogens with zero attached hydrogens (tertiary/aromatic N) is 1. The van der Waals surface area contributed by atoms with Crippen molar-refractivity contribution in [2.75, 3.05) is 32.4 Å². The summed E-state index contributed by atoms with van der Waals surface area (Å²) in [6.45, 7) is 3.58. The molecule has 0 aliphatic carbocycles. The zero-order chi connectivity index (χ0) is 19.3. The van der Waals surface area contributed by atoms with E-state index in [1.54, 1.807) is 18.2 Å². The number of hydrogen-bond acceptors (Lipinski definition) is 4. The smallest absolute Gasteiger partial charge is 0.252 e. The van der Waals surface area contributed by atoms with Crippen LogP contribution < -0.4 is 5.32 Å². The summed E-state index contributed by atoms with van der Waals surface area (Å²) >= 11 is 0. The van der Waals surface area contributed by atoms with Gasteiger partial charge in [-0.3, -0.25) is 4.79 Å². The van der Waals surface area contributed by atoms with Crippen LogP contribution in [-0.4, -0.2) is 51.7 Å². The highest BCUT2D eigenvalue weighted by molar-refractivity contribution is 7.90. The van der Waals surface area contributed by atoms with Gasteiger partial charge in [0.2, 0.25) is 0 Å². The molecule has 1 heterocycles. The number of nitrogens with one attached hydrogen (secondary N) is 1. The summed E-state index contributed by atoms with van der Waals surface area (Å²) in [5, 5.41) is 2.92. The van der Waals surface area contributed by atoms with Gasteiger partial charge in [0.25, 0.3) is 5.91 Å². The molecule has 2 aromatic carbocycles. The molecule has 1 atom stereocenters. The fraction of sp³-hybridized carbons (Fsp3) is 0.381. The van der Waals surface area contributed by atoms with Crippen LogP contribution in [0.25, 0.3) is 0 Å². The molecule has 3 rings (SSSR count). The van der Waals surface area contributed by atoms with E-state index in [2.05, 4.69) is 34.5 Å². The first-order chi connectivity index (χ1) is 12.9. The zero-order valence-electron chi connectivity index (χ0n) is 15.6. The molecule has 144 valence electrons. The second kappa shape index (κ2) is 8.67. The Morgan fingerprint density at radius 2 is 1.81 bits per heavy atom. The lowest BCUT2D eigenvalue weighted by Crippen LogP contribution is -2.32. The number of likely N-dealkylation sites (tertiary alicyclic amines) is 1. The highest BCUT2D eigenvalue weighted by Gasteiger charge is 2.24. The number of amides is 1. The lowest BCUT2D eigenvalue weighted by atomic mass is 10.1. The SMILES string of the molecule is CS(=O)(=O)c1ccccc1C(=O)NCC1CCN(CCc2ccccc2)C1. The summed E-state index contributed by atoms with van der Waals surface area (Å²) in [5.41, 5.74) is 1.56. The standard InChI is InChI=1S/C21H26N2O3S/c1-27(25,26)20-10-6-5-9-19(20)21(24)22-15-18-12-14-23(16-18)13-11-17-7-3-2-4-8-17/h2-10,18H,11-16H2,1H3,(H,22,24). The second-order valence-corrected chi connectivity index (χ2v) is 9.15. The molecule has 1 aliphatic rings. The predicted molar refractivity (Wildman–Crippen MR) is 107 cm³/mol. The first kappa shape index (κ1) is 19.6. The van der Waals surface area contributed by atoms with Crippen molar-refractivity contribution in [3.8, 4) is 0 Å². The molecule has 1 N–H and O–H groups in total. The van der Waals surface area contributed by atoms with E-state index in [0.717, 1.165) is 38.7 Å². The highest BCUT2D eigenvalue weighted by Crippen LogP contribution is 2.18. The van der Waals surface area contributed by atoms with E-state index < -0.39 is 9.84 Å². The second-order valence-electron chi connectivity index (χ2n) is 7.17. The Morgan fingerprint density at radius 3 is 2.56 bits per heavy atom. The topological polar surface area (TPSA) is 66.5 Å². The molecule has 1 aliphatic heterocycles. The molecule has 1 amide bonds. The summed E-state index contributed by atoms with van der Waals surface area (Å²) in [5.74, 6) is 0.0777. The van der Waals surface area contributed by atoms with Crippen LogP contribution in [0.4, 0.5) is 0 Å². The van der Waals surface area contributed by atoms with Crippen molar-refractivity contribution in [1.82, 2.24) is 10.2 Å². The molecule has 0 aromatic heterocycles. The third-order valence-corrected chi connectivity index (χ3v) is 6.17. The van der Waals surface area contributed by atoms with Crippen molar-refractivity contribution in [2.45, 2.75) is 17.7 Å². The van der Waals surface area contributed by atoms with Crippen LogP contribution in [0.1, 0.15) is 22.3 Å². The van der Waals surface area contributed by atoms with Crippen LogP contribution in [0, 0.1) is 5.92 Å². The molecule has 1 unspecified atom stereocenters.